The molecule has 18 heavy (non-hydrogen) atoms. The van der Waals surface area contributed by atoms with Gasteiger partial charge < -0.3 is 9.31 Å². The Bertz CT molecular complexity index is 475. The highest BCUT2D eigenvalue weighted by atomic mass is 35.5. The number of benzene rings is 1. The van der Waals surface area contributed by atoms with Crippen LogP contribution in [-0.4, -0.2) is 18.3 Å². The Morgan fingerprint density at radius 2 is 1.56 bits per heavy atom. The molecule has 98 valence electrons. The van der Waals surface area contributed by atoms with Crippen LogP contribution in [0.2, 0.25) is 10.0 Å². The van der Waals surface area contributed by atoms with E-state index in [-0.39, 0.29) is 10.0 Å². The lowest BCUT2D eigenvalue weighted by atomic mass is 9.79. The van der Waals surface area contributed by atoms with Crippen LogP contribution in [0.1, 0.15) is 27.7 Å². The van der Waals surface area contributed by atoms with Crippen LogP contribution in [0.4, 0.5) is 4.39 Å². The fourth-order valence-electron chi connectivity index (χ4n) is 1.69. The molecule has 6 heteroatoms. The van der Waals surface area contributed by atoms with E-state index in [9.17, 15) is 4.39 Å². The Hall–Kier alpha value is -0.285. The van der Waals surface area contributed by atoms with E-state index in [0.29, 0.717) is 5.46 Å². The van der Waals surface area contributed by atoms with Crippen molar-refractivity contribution in [2.24, 2.45) is 0 Å². The molecule has 0 amide bonds. The van der Waals surface area contributed by atoms with Crippen molar-refractivity contribution in [3.05, 3.63) is 28.0 Å². The van der Waals surface area contributed by atoms with Crippen molar-refractivity contribution < 1.29 is 13.7 Å². The van der Waals surface area contributed by atoms with Gasteiger partial charge in [0.05, 0.1) is 21.2 Å². The summed E-state index contributed by atoms with van der Waals surface area (Å²) in [4.78, 5) is 0. The Morgan fingerprint density at radius 3 is 2.06 bits per heavy atom. The zero-order chi connectivity index (χ0) is 13.7. The summed E-state index contributed by atoms with van der Waals surface area (Å²) in [5, 5.41) is -0.0683. The molecule has 0 bridgehead atoms. The average molecular weight is 291 g/mol. The largest absolute Gasteiger partial charge is 0.496 e. The molecule has 0 atom stereocenters. The van der Waals surface area contributed by atoms with Gasteiger partial charge in [-0.05, 0) is 33.8 Å². The van der Waals surface area contributed by atoms with E-state index in [2.05, 4.69) is 0 Å². The van der Waals surface area contributed by atoms with Gasteiger partial charge >= 0.3 is 7.12 Å². The third-order valence-electron chi connectivity index (χ3n) is 3.57. The number of hydrogen-bond donors (Lipinski definition) is 0. The SMILES string of the molecule is CC1(C)OB(c2ccc(Cl)c(F)c2Cl)OC1(C)C. The van der Waals surface area contributed by atoms with Gasteiger partial charge in [0.15, 0.2) is 5.82 Å². The maximum absolute atomic E-state index is 13.7. The van der Waals surface area contributed by atoms with E-state index >= 15 is 0 Å². The summed E-state index contributed by atoms with van der Waals surface area (Å²) < 4.78 is 25.3. The minimum Gasteiger partial charge on any atom is -0.399 e. The second kappa shape index (κ2) is 4.38. The first kappa shape index (κ1) is 14.1. The van der Waals surface area contributed by atoms with Crippen LogP contribution in [0.25, 0.3) is 0 Å². The molecule has 0 radical (unpaired) electrons. The summed E-state index contributed by atoms with van der Waals surface area (Å²) in [5.41, 5.74) is -0.522. The molecule has 1 saturated heterocycles. The van der Waals surface area contributed by atoms with E-state index in [1.807, 2.05) is 27.7 Å². The van der Waals surface area contributed by atoms with Gasteiger partial charge in [0.2, 0.25) is 0 Å². The molecule has 1 aliphatic heterocycles. The molecule has 0 unspecified atom stereocenters. The average Bonchev–Trinajstić information content (AvgIpc) is 2.45. The number of halogens is 3. The van der Waals surface area contributed by atoms with Crippen LogP contribution in [0.15, 0.2) is 12.1 Å². The topological polar surface area (TPSA) is 18.5 Å². The standard InChI is InChI=1S/C12H14BCl2FO2/c1-11(2)12(3,4)18-13(17-11)7-5-6-8(14)10(16)9(7)15/h5-6H,1-4H3. The molecule has 1 fully saturated rings. The van der Waals surface area contributed by atoms with Crippen LogP contribution in [0.3, 0.4) is 0 Å². The van der Waals surface area contributed by atoms with Crippen molar-refractivity contribution >= 4 is 35.8 Å². The Labute approximate surface area is 117 Å². The molecule has 0 N–H and O–H groups in total. The van der Waals surface area contributed by atoms with Gasteiger partial charge in [-0.25, -0.2) is 4.39 Å². The molecule has 1 heterocycles. The lowest BCUT2D eigenvalue weighted by Crippen LogP contribution is -2.41. The van der Waals surface area contributed by atoms with Gasteiger partial charge in [-0.15, -0.1) is 0 Å². The quantitative estimate of drug-likeness (QED) is 0.583. The van der Waals surface area contributed by atoms with Crippen molar-refractivity contribution in [3.8, 4) is 0 Å². The molecule has 1 aliphatic rings. The highest BCUT2D eigenvalue weighted by molar-refractivity contribution is 6.65. The molecule has 0 spiro atoms. The van der Waals surface area contributed by atoms with Crippen LogP contribution >= 0.6 is 23.2 Å². The van der Waals surface area contributed by atoms with E-state index in [1.54, 1.807) is 6.07 Å². The predicted octanol–water partition coefficient (Wildman–Crippen LogP) is 3.43. The molecule has 2 rings (SSSR count). The van der Waals surface area contributed by atoms with Gasteiger partial charge in [0.1, 0.15) is 0 Å². The van der Waals surface area contributed by atoms with Crippen molar-refractivity contribution in [3.63, 3.8) is 0 Å². The summed E-state index contributed by atoms with van der Waals surface area (Å²) in [6.07, 6.45) is 0. The van der Waals surface area contributed by atoms with Gasteiger partial charge in [0.25, 0.3) is 0 Å². The minimum absolute atomic E-state index is 0.0136. The van der Waals surface area contributed by atoms with E-state index in [1.165, 1.54) is 6.07 Å². The predicted molar refractivity (Wildman–Crippen MR) is 72.1 cm³/mol. The van der Waals surface area contributed by atoms with Crippen molar-refractivity contribution in [2.75, 3.05) is 0 Å². The first-order valence-corrected chi connectivity index (χ1v) is 6.40. The smallest absolute Gasteiger partial charge is 0.399 e. The van der Waals surface area contributed by atoms with Gasteiger partial charge in [-0.3, -0.25) is 0 Å². The minimum atomic E-state index is -0.686. The van der Waals surface area contributed by atoms with Crippen LogP contribution in [-0.2, 0) is 9.31 Å². The first-order valence-electron chi connectivity index (χ1n) is 5.65. The second-order valence-corrected chi connectivity index (χ2v) is 6.14. The first-order chi connectivity index (χ1) is 8.16. The number of hydrogen-bond acceptors (Lipinski definition) is 2. The van der Waals surface area contributed by atoms with Crippen molar-refractivity contribution in [2.45, 2.75) is 38.9 Å². The Kier molecular flexibility index (Phi) is 3.44. The summed E-state index contributed by atoms with van der Waals surface area (Å²) in [6.45, 7) is 7.70. The summed E-state index contributed by atoms with van der Waals surface area (Å²) in [5.74, 6) is -0.648. The third-order valence-corrected chi connectivity index (χ3v) is 4.25. The zero-order valence-corrected chi connectivity index (χ0v) is 12.2. The molecule has 0 saturated carbocycles. The zero-order valence-electron chi connectivity index (χ0n) is 10.7. The molecule has 1 aromatic rings. The van der Waals surface area contributed by atoms with Crippen molar-refractivity contribution in [1.29, 1.82) is 0 Å². The van der Waals surface area contributed by atoms with Crippen LogP contribution in [0.5, 0.6) is 0 Å². The fraction of sp³-hybridized carbons (Fsp3) is 0.500. The summed E-state index contributed by atoms with van der Waals surface area (Å²) >= 11 is 11.6. The van der Waals surface area contributed by atoms with Gasteiger partial charge in [0, 0.05) is 5.46 Å². The normalized spacial score (nSPS) is 21.4. The van der Waals surface area contributed by atoms with Crippen molar-refractivity contribution in [1.82, 2.24) is 0 Å². The van der Waals surface area contributed by atoms with E-state index < -0.39 is 24.1 Å². The molecular formula is C12H14BCl2FO2. The molecule has 2 nitrogen and oxygen atoms in total. The third kappa shape index (κ3) is 2.16. The van der Waals surface area contributed by atoms with Gasteiger partial charge in [-0.2, -0.15) is 0 Å². The lowest BCUT2D eigenvalue weighted by molar-refractivity contribution is 0.00578. The highest BCUT2D eigenvalue weighted by Gasteiger charge is 2.52. The van der Waals surface area contributed by atoms with Crippen LogP contribution < -0.4 is 5.46 Å². The monoisotopic (exact) mass is 290 g/mol. The molecule has 0 aliphatic carbocycles. The van der Waals surface area contributed by atoms with Gasteiger partial charge in [-0.1, -0.05) is 29.3 Å². The molecular weight excluding hydrogens is 277 g/mol. The number of rotatable bonds is 1. The Balaban J connectivity index is 2.39. The molecule has 0 aromatic heterocycles. The second-order valence-electron chi connectivity index (χ2n) is 5.35. The maximum Gasteiger partial charge on any atom is 0.496 e. The highest BCUT2D eigenvalue weighted by Crippen LogP contribution is 2.37. The lowest BCUT2D eigenvalue weighted by Gasteiger charge is -2.32. The fourth-order valence-corrected chi connectivity index (χ4v) is 2.15. The maximum atomic E-state index is 13.7. The van der Waals surface area contributed by atoms with Crippen LogP contribution in [0, 0.1) is 5.82 Å². The van der Waals surface area contributed by atoms with E-state index in [0.717, 1.165) is 0 Å². The Morgan fingerprint density at radius 1 is 1.06 bits per heavy atom. The van der Waals surface area contributed by atoms with E-state index in [4.69, 9.17) is 32.5 Å². The summed E-state index contributed by atoms with van der Waals surface area (Å²) in [6, 6.07) is 3.07. The molecule has 1 aromatic carbocycles. The summed E-state index contributed by atoms with van der Waals surface area (Å²) in [7, 11) is -0.686.